The van der Waals surface area contributed by atoms with E-state index >= 15 is 0 Å². The van der Waals surface area contributed by atoms with Gasteiger partial charge in [-0.25, -0.2) is 25.6 Å². The second-order valence-electron chi connectivity index (χ2n) is 12.0. The standard InChI is InChI=1S/C32H31F5N2O6S2/c33-22-5-8-24(9-6-22)47(43,44)31-12-13-39(30(40)19-38-14-16-46(41,42)17-15-38)29(31)11-4-21-18-23(7-10-26(21)31)45-20-25-27(32(35,36)37)2-1-3-28(25)34/h1-3,5-10,18,29H,4,11-17,19-20H2/t29-,31-/m1/s1. The van der Waals surface area contributed by atoms with Crippen LogP contribution in [-0.2, 0) is 48.4 Å². The number of fused-ring (bicyclic) bond motifs is 3. The van der Waals surface area contributed by atoms with Crippen LogP contribution < -0.4 is 4.74 Å². The van der Waals surface area contributed by atoms with Crippen molar-refractivity contribution in [1.82, 2.24) is 9.80 Å². The summed E-state index contributed by atoms with van der Waals surface area (Å²) in [6, 6.07) is 10.7. The number of hydrogen-bond acceptors (Lipinski definition) is 7. The molecule has 2 heterocycles. The third kappa shape index (κ3) is 6.13. The fourth-order valence-electron chi connectivity index (χ4n) is 7.03. The Bertz CT molecular complexity index is 1900. The number of carbonyl (C=O) groups is 1. The van der Waals surface area contributed by atoms with Crippen molar-refractivity contribution in [3.63, 3.8) is 0 Å². The lowest BCUT2D eigenvalue weighted by Gasteiger charge is -2.43. The molecule has 2 aliphatic heterocycles. The van der Waals surface area contributed by atoms with Gasteiger partial charge in [0.05, 0.1) is 34.6 Å². The Kier molecular flexibility index (Phi) is 8.62. The van der Waals surface area contributed by atoms with Gasteiger partial charge in [0.2, 0.25) is 5.91 Å². The van der Waals surface area contributed by atoms with Crippen LogP contribution in [0.3, 0.4) is 0 Å². The molecule has 1 aliphatic carbocycles. The van der Waals surface area contributed by atoms with E-state index in [1.54, 1.807) is 4.90 Å². The molecule has 3 aliphatic rings. The van der Waals surface area contributed by atoms with Crippen LogP contribution in [0.1, 0.15) is 35.1 Å². The Morgan fingerprint density at radius 2 is 1.68 bits per heavy atom. The summed E-state index contributed by atoms with van der Waals surface area (Å²) in [4.78, 5) is 16.8. The molecular weight excluding hydrogens is 667 g/mol. The molecule has 0 unspecified atom stereocenters. The summed E-state index contributed by atoms with van der Waals surface area (Å²) in [5.41, 5.74) is -0.884. The van der Waals surface area contributed by atoms with Crippen LogP contribution in [0.25, 0.3) is 0 Å². The predicted molar refractivity (Wildman–Crippen MR) is 161 cm³/mol. The Morgan fingerprint density at radius 1 is 0.979 bits per heavy atom. The number of alkyl halides is 3. The summed E-state index contributed by atoms with van der Waals surface area (Å²) >= 11 is 0. The lowest BCUT2D eigenvalue weighted by molar-refractivity contribution is -0.138. The van der Waals surface area contributed by atoms with Gasteiger partial charge < -0.3 is 9.64 Å². The van der Waals surface area contributed by atoms with Crippen LogP contribution in [0.2, 0.25) is 0 Å². The van der Waals surface area contributed by atoms with Crippen LogP contribution in [-0.4, -0.2) is 76.3 Å². The number of benzene rings is 3. The summed E-state index contributed by atoms with van der Waals surface area (Å²) in [5.74, 6) is -2.07. The van der Waals surface area contributed by atoms with E-state index in [9.17, 15) is 43.6 Å². The molecule has 2 fully saturated rings. The van der Waals surface area contributed by atoms with Crippen molar-refractivity contribution in [3.05, 3.63) is 94.6 Å². The smallest absolute Gasteiger partial charge is 0.416 e. The van der Waals surface area contributed by atoms with E-state index in [0.717, 1.165) is 30.3 Å². The predicted octanol–water partition coefficient (Wildman–Crippen LogP) is 4.51. The molecule has 0 radical (unpaired) electrons. The van der Waals surface area contributed by atoms with Gasteiger partial charge in [-0.3, -0.25) is 9.69 Å². The molecule has 2 atom stereocenters. The fourth-order valence-corrected chi connectivity index (χ4v) is 10.7. The van der Waals surface area contributed by atoms with E-state index in [1.165, 1.54) is 35.2 Å². The molecule has 3 aromatic carbocycles. The Hall–Kier alpha value is -3.56. The average molecular weight is 699 g/mol. The molecule has 252 valence electrons. The molecule has 6 rings (SSSR count). The topological polar surface area (TPSA) is 101 Å². The van der Waals surface area contributed by atoms with Gasteiger partial charge in [-0.15, -0.1) is 0 Å². The molecule has 47 heavy (non-hydrogen) atoms. The molecule has 0 aromatic heterocycles. The second kappa shape index (κ2) is 12.2. The molecule has 3 aromatic rings. The first-order valence-electron chi connectivity index (χ1n) is 15.0. The van der Waals surface area contributed by atoms with Crippen molar-refractivity contribution in [2.75, 3.05) is 37.7 Å². The largest absolute Gasteiger partial charge is 0.489 e. The summed E-state index contributed by atoms with van der Waals surface area (Å²) in [6.45, 7) is -0.319. The second-order valence-corrected chi connectivity index (χ2v) is 16.5. The molecule has 2 saturated heterocycles. The van der Waals surface area contributed by atoms with Gasteiger partial charge in [0.25, 0.3) is 0 Å². The van der Waals surface area contributed by atoms with Crippen molar-refractivity contribution < 1.29 is 48.3 Å². The van der Waals surface area contributed by atoms with Crippen molar-refractivity contribution in [1.29, 1.82) is 0 Å². The lowest BCUT2D eigenvalue weighted by Crippen LogP contribution is -2.54. The van der Waals surface area contributed by atoms with E-state index < -0.39 is 66.0 Å². The Balaban J connectivity index is 1.34. The summed E-state index contributed by atoms with van der Waals surface area (Å²) in [5, 5.41) is 0. The molecule has 0 bridgehead atoms. The van der Waals surface area contributed by atoms with Crippen LogP contribution in [0.15, 0.2) is 65.6 Å². The number of nitrogens with zero attached hydrogens (tertiary/aromatic N) is 2. The lowest BCUT2D eigenvalue weighted by atomic mass is 9.78. The molecule has 0 N–H and O–H groups in total. The third-order valence-corrected chi connectivity index (χ3v) is 13.5. The van der Waals surface area contributed by atoms with E-state index in [4.69, 9.17) is 4.74 Å². The monoisotopic (exact) mass is 698 g/mol. The van der Waals surface area contributed by atoms with Gasteiger partial charge in [0.1, 0.15) is 28.7 Å². The number of aryl methyl sites for hydroxylation is 1. The number of rotatable bonds is 7. The van der Waals surface area contributed by atoms with Crippen LogP contribution in [0.4, 0.5) is 22.0 Å². The minimum absolute atomic E-state index is 0.0227. The zero-order chi connectivity index (χ0) is 33.8. The van der Waals surface area contributed by atoms with Gasteiger partial charge in [0.15, 0.2) is 19.7 Å². The average Bonchev–Trinajstić information content (AvgIpc) is 3.43. The van der Waals surface area contributed by atoms with Gasteiger partial charge >= 0.3 is 6.18 Å². The molecule has 8 nitrogen and oxygen atoms in total. The van der Waals surface area contributed by atoms with Gasteiger partial charge in [-0.05, 0) is 78.9 Å². The minimum atomic E-state index is -4.80. The molecule has 0 saturated carbocycles. The van der Waals surface area contributed by atoms with Crippen LogP contribution >= 0.6 is 0 Å². The molecular formula is C32H31F5N2O6S2. The quantitative estimate of drug-likeness (QED) is 0.265. The van der Waals surface area contributed by atoms with Crippen molar-refractivity contribution in [2.24, 2.45) is 0 Å². The molecule has 15 heteroatoms. The highest BCUT2D eigenvalue weighted by Gasteiger charge is 2.60. The highest BCUT2D eigenvalue weighted by atomic mass is 32.2. The maximum atomic E-state index is 14.5. The van der Waals surface area contributed by atoms with Gasteiger partial charge in [-0.1, -0.05) is 12.1 Å². The number of sulfone groups is 2. The van der Waals surface area contributed by atoms with E-state index in [1.807, 2.05) is 0 Å². The number of ether oxygens (including phenoxy) is 1. The highest BCUT2D eigenvalue weighted by molar-refractivity contribution is 7.92. The number of likely N-dealkylation sites (tertiary alicyclic amines) is 1. The van der Waals surface area contributed by atoms with Crippen LogP contribution in [0, 0.1) is 11.6 Å². The van der Waals surface area contributed by atoms with Crippen molar-refractivity contribution in [2.45, 2.75) is 47.7 Å². The molecule has 1 amide bonds. The number of amides is 1. The Labute approximate surface area is 269 Å². The van der Waals surface area contributed by atoms with Crippen molar-refractivity contribution >= 4 is 25.6 Å². The SMILES string of the molecule is O=C(CN1CCS(=O)(=O)CC1)N1CC[C@@]2(S(=O)(=O)c3ccc(F)cc3)c3ccc(OCc4c(F)cccc4C(F)(F)F)cc3CC[C@@H]12. The first kappa shape index (κ1) is 33.3. The zero-order valence-electron chi connectivity index (χ0n) is 25.0. The summed E-state index contributed by atoms with van der Waals surface area (Å²) in [6.07, 6.45) is -4.25. The number of carbonyl (C=O) groups excluding carboxylic acids is 1. The van der Waals surface area contributed by atoms with Crippen LogP contribution in [0.5, 0.6) is 5.75 Å². The summed E-state index contributed by atoms with van der Waals surface area (Å²) < 4.78 is 126. The zero-order valence-corrected chi connectivity index (χ0v) is 26.6. The van der Waals surface area contributed by atoms with Gasteiger partial charge in [0, 0.05) is 25.2 Å². The third-order valence-electron chi connectivity index (χ3n) is 9.39. The maximum absolute atomic E-state index is 14.5. The Morgan fingerprint density at radius 3 is 2.36 bits per heavy atom. The molecule has 0 spiro atoms. The first-order valence-corrected chi connectivity index (χ1v) is 18.3. The maximum Gasteiger partial charge on any atom is 0.416 e. The number of hydrogen-bond donors (Lipinski definition) is 0. The van der Waals surface area contributed by atoms with Crippen molar-refractivity contribution in [3.8, 4) is 5.75 Å². The first-order chi connectivity index (χ1) is 22.1. The highest BCUT2D eigenvalue weighted by Crippen LogP contribution is 2.53. The van der Waals surface area contributed by atoms with E-state index in [-0.39, 0.29) is 67.1 Å². The number of halogens is 5. The van der Waals surface area contributed by atoms with Gasteiger partial charge in [-0.2, -0.15) is 13.2 Å². The van der Waals surface area contributed by atoms with E-state index in [2.05, 4.69) is 0 Å². The summed E-state index contributed by atoms with van der Waals surface area (Å²) in [7, 11) is -7.44. The normalized spacial score (nSPS) is 22.8. The van der Waals surface area contributed by atoms with E-state index in [0.29, 0.717) is 17.5 Å². The minimum Gasteiger partial charge on any atom is -0.489 e. The fraction of sp³-hybridized carbons (Fsp3) is 0.406.